The second kappa shape index (κ2) is 8.26. The first-order valence-corrected chi connectivity index (χ1v) is 10.2. The number of hydrogen-bond acceptors (Lipinski definition) is 3. The van der Waals surface area contributed by atoms with Crippen LogP contribution >= 0.6 is 23.2 Å². The number of carbonyl (C=O) groups excluding carboxylic acids is 3. The molecular formula is C23H16Cl2FN3O3. The zero-order valence-electron chi connectivity index (χ0n) is 16.9. The number of imide groups is 2. The fourth-order valence-corrected chi connectivity index (χ4v) is 3.99. The maximum absolute atomic E-state index is 13.3. The van der Waals surface area contributed by atoms with Gasteiger partial charge in [-0.2, -0.15) is 0 Å². The number of aromatic nitrogens is 1. The molecule has 0 atom stereocenters. The number of aryl methyl sites for hydroxylation is 1. The number of urea groups is 1. The predicted octanol–water partition coefficient (Wildman–Crippen LogP) is 5.21. The maximum atomic E-state index is 13.3. The van der Waals surface area contributed by atoms with Gasteiger partial charge in [-0.3, -0.25) is 14.9 Å². The minimum atomic E-state index is -0.903. The quantitative estimate of drug-likeness (QED) is 0.421. The van der Waals surface area contributed by atoms with Crippen molar-refractivity contribution >= 4 is 52.8 Å². The Hall–Kier alpha value is -3.42. The molecule has 9 heteroatoms. The van der Waals surface area contributed by atoms with Crippen LogP contribution in [0.5, 0.6) is 0 Å². The van der Waals surface area contributed by atoms with Crippen LogP contribution in [0.4, 0.5) is 14.9 Å². The zero-order chi connectivity index (χ0) is 23.2. The van der Waals surface area contributed by atoms with Crippen molar-refractivity contribution in [3.8, 4) is 5.69 Å². The molecule has 0 unspecified atom stereocenters. The summed E-state index contributed by atoms with van der Waals surface area (Å²) < 4.78 is 15.1. The van der Waals surface area contributed by atoms with Gasteiger partial charge in [0.1, 0.15) is 11.4 Å². The van der Waals surface area contributed by atoms with E-state index >= 15 is 0 Å². The molecule has 0 spiro atoms. The fourth-order valence-electron chi connectivity index (χ4n) is 3.61. The lowest BCUT2D eigenvalue weighted by molar-refractivity contribution is -0.122. The third kappa shape index (κ3) is 3.70. The van der Waals surface area contributed by atoms with E-state index in [2.05, 4.69) is 5.32 Å². The number of halogens is 3. The van der Waals surface area contributed by atoms with Crippen molar-refractivity contribution in [3.63, 3.8) is 0 Å². The molecule has 1 aliphatic heterocycles. The van der Waals surface area contributed by atoms with E-state index in [9.17, 15) is 18.8 Å². The molecular weight excluding hydrogens is 456 g/mol. The van der Waals surface area contributed by atoms with Gasteiger partial charge in [0, 0.05) is 11.4 Å². The lowest BCUT2D eigenvalue weighted by atomic mass is 10.1. The molecule has 2 heterocycles. The lowest BCUT2D eigenvalue weighted by Gasteiger charge is -2.26. The molecule has 4 rings (SSSR count). The van der Waals surface area contributed by atoms with E-state index < -0.39 is 23.7 Å². The molecule has 1 aliphatic rings. The largest absolute Gasteiger partial charge is 0.335 e. The topological polar surface area (TPSA) is 71.4 Å². The molecule has 0 radical (unpaired) electrons. The Kier molecular flexibility index (Phi) is 5.62. The fraction of sp³-hybridized carbons (Fsp3) is 0.0870. The number of nitrogens with zero attached hydrogens (tertiary/aromatic N) is 2. The van der Waals surface area contributed by atoms with Crippen LogP contribution in [-0.4, -0.2) is 22.4 Å². The molecule has 32 heavy (non-hydrogen) atoms. The van der Waals surface area contributed by atoms with E-state index in [1.54, 1.807) is 24.3 Å². The summed E-state index contributed by atoms with van der Waals surface area (Å²) in [6.45, 7) is 3.66. The van der Waals surface area contributed by atoms with Crippen LogP contribution < -0.4 is 10.2 Å². The number of anilines is 1. The Balaban J connectivity index is 1.78. The molecule has 4 amide bonds. The first-order valence-electron chi connectivity index (χ1n) is 9.49. The standard InChI is InChI=1S/C23H16Cl2FN3O3/c1-12-10-14(13(2)28(12)19-5-3-4-18(24)20(19)25)11-17-21(30)27-23(32)29(22(17)31)16-8-6-15(26)7-9-16/h3-11H,1-2H3,(H,27,30,32)/b17-11+. The van der Waals surface area contributed by atoms with Crippen LogP contribution in [0.15, 0.2) is 54.1 Å². The number of benzene rings is 2. The minimum Gasteiger partial charge on any atom is -0.316 e. The van der Waals surface area contributed by atoms with E-state index in [0.717, 1.165) is 22.7 Å². The summed E-state index contributed by atoms with van der Waals surface area (Å²) in [5.74, 6) is -2.14. The Morgan fingerprint density at radius 1 is 1.00 bits per heavy atom. The molecule has 0 aliphatic carbocycles. The van der Waals surface area contributed by atoms with Crippen LogP contribution in [0.25, 0.3) is 11.8 Å². The third-order valence-electron chi connectivity index (χ3n) is 5.13. The molecule has 2 aromatic carbocycles. The molecule has 6 nitrogen and oxygen atoms in total. The molecule has 0 bridgehead atoms. The molecule has 3 aromatic rings. The van der Waals surface area contributed by atoms with Crippen LogP contribution in [0.3, 0.4) is 0 Å². The van der Waals surface area contributed by atoms with Crippen LogP contribution in [0, 0.1) is 19.7 Å². The van der Waals surface area contributed by atoms with Crippen molar-refractivity contribution in [2.75, 3.05) is 4.90 Å². The smallest absolute Gasteiger partial charge is 0.316 e. The van der Waals surface area contributed by atoms with E-state index in [4.69, 9.17) is 23.2 Å². The second-order valence-electron chi connectivity index (χ2n) is 7.17. The van der Waals surface area contributed by atoms with E-state index in [1.165, 1.54) is 18.2 Å². The first-order chi connectivity index (χ1) is 15.2. The maximum Gasteiger partial charge on any atom is 0.335 e. The summed E-state index contributed by atoms with van der Waals surface area (Å²) in [5.41, 5.74) is 2.67. The van der Waals surface area contributed by atoms with Gasteiger partial charge in [-0.05, 0) is 68.0 Å². The highest BCUT2D eigenvalue weighted by Crippen LogP contribution is 2.32. The minimum absolute atomic E-state index is 0.142. The van der Waals surface area contributed by atoms with E-state index in [-0.39, 0.29) is 11.3 Å². The van der Waals surface area contributed by atoms with Gasteiger partial charge in [-0.15, -0.1) is 0 Å². The Morgan fingerprint density at radius 2 is 1.69 bits per heavy atom. The second-order valence-corrected chi connectivity index (χ2v) is 7.95. The van der Waals surface area contributed by atoms with Crippen molar-refractivity contribution in [2.24, 2.45) is 0 Å². The highest BCUT2D eigenvalue weighted by molar-refractivity contribution is 6.43. The van der Waals surface area contributed by atoms with Gasteiger partial charge >= 0.3 is 6.03 Å². The average molecular weight is 472 g/mol. The summed E-state index contributed by atoms with van der Waals surface area (Å²) in [4.78, 5) is 38.6. The summed E-state index contributed by atoms with van der Waals surface area (Å²) in [6.07, 6.45) is 1.41. The molecule has 1 fully saturated rings. The van der Waals surface area contributed by atoms with Crippen molar-refractivity contribution in [2.45, 2.75) is 13.8 Å². The monoisotopic (exact) mass is 471 g/mol. The highest BCUT2D eigenvalue weighted by atomic mass is 35.5. The lowest BCUT2D eigenvalue weighted by Crippen LogP contribution is -2.54. The number of nitrogens with one attached hydrogen (secondary N) is 1. The average Bonchev–Trinajstić information content (AvgIpc) is 3.01. The van der Waals surface area contributed by atoms with Gasteiger partial charge in [-0.1, -0.05) is 29.3 Å². The molecule has 1 N–H and O–H groups in total. The van der Waals surface area contributed by atoms with Crippen molar-refractivity contribution in [1.29, 1.82) is 0 Å². The molecule has 1 aromatic heterocycles. The molecule has 1 saturated heterocycles. The molecule has 162 valence electrons. The summed E-state index contributed by atoms with van der Waals surface area (Å²) in [7, 11) is 0. The first kappa shape index (κ1) is 21.8. The number of rotatable bonds is 3. The molecule has 0 saturated carbocycles. The normalized spacial score (nSPS) is 15.5. The SMILES string of the molecule is Cc1cc(/C=C2\C(=O)NC(=O)N(c3ccc(F)cc3)C2=O)c(C)n1-c1cccc(Cl)c1Cl. The number of carbonyl (C=O) groups is 3. The zero-order valence-corrected chi connectivity index (χ0v) is 18.5. The van der Waals surface area contributed by atoms with Gasteiger partial charge in [0.15, 0.2) is 0 Å². The van der Waals surface area contributed by atoms with Gasteiger partial charge in [0.25, 0.3) is 11.8 Å². The number of hydrogen-bond donors (Lipinski definition) is 1. The van der Waals surface area contributed by atoms with E-state index in [0.29, 0.717) is 27.0 Å². The van der Waals surface area contributed by atoms with Gasteiger partial charge in [-0.25, -0.2) is 14.1 Å². The summed E-state index contributed by atoms with van der Waals surface area (Å²) in [5, 5.41) is 2.92. The van der Waals surface area contributed by atoms with Crippen LogP contribution in [-0.2, 0) is 9.59 Å². The van der Waals surface area contributed by atoms with Crippen molar-refractivity contribution in [1.82, 2.24) is 9.88 Å². The van der Waals surface area contributed by atoms with Gasteiger partial charge in [0.2, 0.25) is 0 Å². The van der Waals surface area contributed by atoms with E-state index in [1.807, 2.05) is 18.4 Å². The van der Waals surface area contributed by atoms with Crippen LogP contribution in [0.1, 0.15) is 17.0 Å². The van der Waals surface area contributed by atoms with Crippen molar-refractivity contribution < 1.29 is 18.8 Å². The summed E-state index contributed by atoms with van der Waals surface area (Å²) >= 11 is 12.5. The highest BCUT2D eigenvalue weighted by Gasteiger charge is 2.37. The van der Waals surface area contributed by atoms with Crippen LogP contribution in [0.2, 0.25) is 10.0 Å². The number of barbiturate groups is 1. The number of amides is 4. The van der Waals surface area contributed by atoms with Gasteiger partial charge in [0.05, 0.1) is 21.4 Å². The summed E-state index contributed by atoms with van der Waals surface area (Å²) in [6, 6.07) is 11.0. The Morgan fingerprint density at radius 3 is 2.38 bits per heavy atom. The Bertz CT molecular complexity index is 1310. The third-order valence-corrected chi connectivity index (χ3v) is 5.94. The Labute approximate surface area is 192 Å². The van der Waals surface area contributed by atoms with Gasteiger partial charge < -0.3 is 4.57 Å². The van der Waals surface area contributed by atoms with Crippen molar-refractivity contribution in [3.05, 3.63) is 86.9 Å². The predicted molar refractivity (Wildman–Crippen MR) is 121 cm³/mol.